The standard InChI is InChI=1S/C22H25ClN6O4.C19H20ClN5O2/c1-28-19-14(11-29(21(28)30)18-5-3-2-4-17(18)23)10-24-20(26-19)25-15-6-8-22(9-7-15)32-12-16(27-31)13-33-22;1-24-17-12(11-25(19(24)27)16-5-3-2-4-15(16)20)10-21-18(23-17)22-13-6-8-14(26)9-7-13/h2-5,10,15,31H,6-9,11-13H2,1H3,(H,24,25,26);2-5,10,13H,6-9,11H2,1H3,(H,21,22,23). The van der Waals surface area contributed by atoms with Crippen molar-refractivity contribution in [3.8, 4) is 0 Å². The number of aromatic nitrogens is 4. The number of carbonyl (C=O) groups excluding carboxylic acids is 3. The zero-order chi connectivity index (χ0) is 42.0. The highest BCUT2D eigenvalue weighted by atomic mass is 35.5. The largest absolute Gasteiger partial charge is 0.411 e. The molecule has 2 aromatic carbocycles. The zero-order valence-electron chi connectivity index (χ0n) is 33.2. The molecule has 17 nitrogen and oxygen atoms in total. The van der Waals surface area contributed by atoms with Gasteiger partial charge < -0.3 is 25.3 Å². The van der Waals surface area contributed by atoms with Gasteiger partial charge in [-0.2, -0.15) is 9.97 Å². The number of ketones is 1. The summed E-state index contributed by atoms with van der Waals surface area (Å²) < 4.78 is 11.7. The SMILES string of the molecule is CN1C(=O)N(c2ccccc2Cl)Cc2cnc(NC3CCC(=O)CC3)nc21.CN1C(=O)N(c2ccccc2Cl)Cc2cnc(NC3CCC4(CC3)OCC(=NO)CO4)nc21. The van der Waals surface area contributed by atoms with Crippen molar-refractivity contribution in [1.82, 2.24) is 19.9 Å². The fourth-order valence-corrected chi connectivity index (χ4v) is 8.46. The van der Waals surface area contributed by atoms with Crippen LogP contribution in [-0.4, -0.2) is 93.9 Å². The molecule has 0 bridgehead atoms. The van der Waals surface area contributed by atoms with Crippen LogP contribution in [0, 0.1) is 0 Å². The Morgan fingerprint density at radius 3 is 1.62 bits per heavy atom. The molecule has 4 amide bonds. The molecule has 2 aromatic heterocycles. The quantitative estimate of drug-likeness (QED) is 0.130. The number of oxime groups is 1. The number of anilines is 6. The summed E-state index contributed by atoms with van der Waals surface area (Å²) in [5.41, 5.74) is 3.51. The molecule has 9 rings (SSSR count). The fraction of sp³-hybridized carbons (Fsp3) is 0.415. The number of fused-ring (bicyclic) bond motifs is 2. The first-order valence-electron chi connectivity index (χ1n) is 19.8. The number of urea groups is 2. The van der Waals surface area contributed by atoms with Crippen LogP contribution in [0.1, 0.15) is 62.5 Å². The maximum atomic E-state index is 13.0. The number of nitrogens with zero attached hydrogens (tertiary/aromatic N) is 9. The number of hydrogen-bond donors (Lipinski definition) is 3. The lowest BCUT2D eigenvalue weighted by Crippen LogP contribution is -2.48. The summed E-state index contributed by atoms with van der Waals surface area (Å²) in [6.45, 7) is 1.28. The highest BCUT2D eigenvalue weighted by molar-refractivity contribution is 6.34. The topological polar surface area (TPSA) is 191 Å². The Kier molecular flexibility index (Phi) is 12.0. The number of Topliss-reactive ketones (excluding diaryl/α,β-unsaturated/α-hetero) is 1. The van der Waals surface area contributed by atoms with Gasteiger partial charge in [0.15, 0.2) is 5.79 Å². The number of halogens is 2. The Morgan fingerprint density at radius 2 is 1.17 bits per heavy atom. The van der Waals surface area contributed by atoms with E-state index in [1.165, 1.54) is 9.80 Å². The lowest BCUT2D eigenvalue weighted by molar-refractivity contribution is -0.251. The Morgan fingerprint density at radius 1 is 0.717 bits per heavy atom. The molecule has 5 heterocycles. The highest BCUT2D eigenvalue weighted by Gasteiger charge is 2.41. The van der Waals surface area contributed by atoms with Crippen molar-refractivity contribution in [2.24, 2.45) is 5.16 Å². The lowest BCUT2D eigenvalue weighted by atomic mass is 9.89. The molecule has 0 atom stereocenters. The molecule has 2 aliphatic carbocycles. The van der Waals surface area contributed by atoms with Gasteiger partial charge in [-0.15, -0.1) is 0 Å². The first-order chi connectivity index (χ1) is 29.0. The molecule has 0 radical (unpaired) electrons. The van der Waals surface area contributed by atoms with E-state index >= 15 is 0 Å². The fourth-order valence-electron chi connectivity index (χ4n) is 7.99. The summed E-state index contributed by atoms with van der Waals surface area (Å²) in [5.74, 6) is 1.84. The number of rotatable bonds is 6. The third kappa shape index (κ3) is 8.66. The van der Waals surface area contributed by atoms with Crippen LogP contribution < -0.4 is 30.2 Å². The Labute approximate surface area is 356 Å². The van der Waals surface area contributed by atoms with E-state index in [9.17, 15) is 14.4 Å². The summed E-state index contributed by atoms with van der Waals surface area (Å²) in [5, 5.41) is 19.7. The molecule has 3 aliphatic heterocycles. The van der Waals surface area contributed by atoms with Gasteiger partial charge in [-0.3, -0.25) is 24.4 Å². The summed E-state index contributed by atoms with van der Waals surface area (Å²) in [6.07, 6.45) is 9.34. The third-order valence-corrected chi connectivity index (χ3v) is 12.0. The molecule has 60 heavy (non-hydrogen) atoms. The van der Waals surface area contributed by atoms with Crippen LogP contribution >= 0.6 is 23.2 Å². The van der Waals surface area contributed by atoms with Crippen LogP contribution in [0.4, 0.5) is 44.5 Å². The summed E-state index contributed by atoms with van der Waals surface area (Å²) in [6, 6.07) is 14.5. The molecule has 0 unspecified atom stereocenters. The Bertz CT molecular complexity index is 2290. The molecule has 2 saturated carbocycles. The maximum Gasteiger partial charge on any atom is 0.330 e. The first-order valence-corrected chi connectivity index (χ1v) is 20.6. The molecule has 3 fully saturated rings. The van der Waals surface area contributed by atoms with E-state index in [0.29, 0.717) is 82.4 Å². The second-order valence-electron chi connectivity index (χ2n) is 15.4. The minimum Gasteiger partial charge on any atom is -0.411 e. The van der Waals surface area contributed by atoms with Gasteiger partial charge >= 0.3 is 12.1 Å². The average Bonchev–Trinajstić information content (AvgIpc) is 3.26. The van der Waals surface area contributed by atoms with Gasteiger partial charge in [0.2, 0.25) is 11.9 Å². The van der Waals surface area contributed by atoms with Crippen molar-refractivity contribution in [1.29, 1.82) is 0 Å². The van der Waals surface area contributed by atoms with Gasteiger partial charge in [0.25, 0.3) is 0 Å². The van der Waals surface area contributed by atoms with Crippen LogP contribution in [0.3, 0.4) is 0 Å². The summed E-state index contributed by atoms with van der Waals surface area (Å²) >= 11 is 12.6. The smallest absolute Gasteiger partial charge is 0.330 e. The van der Waals surface area contributed by atoms with Gasteiger partial charge in [0.1, 0.15) is 23.1 Å². The molecule has 1 saturated heterocycles. The highest BCUT2D eigenvalue weighted by Crippen LogP contribution is 2.38. The Balaban J connectivity index is 0.000000170. The van der Waals surface area contributed by atoms with E-state index in [-0.39, 0.29) is 37.4 Å². The third-order valence-electron chi connectivity index (χ3n) is 11.4. The second-order valence-corrected chi connectivity index (χ2v) is 16.2. The van der Waals surface area contributed by atoms with Gasteiger partial charge in [-0.25, -0.2) is 19.6 Å². The van der Waals surface area contributed by atoms with Crippen molar-refractivity contribution >= 4 is 81.7 Å². The molecule has 1 spiro atoms. The molecule has 19 heteroatoms. The minimum absolute atomic E-state index is 0.165. The van der Waals surface area contributed by atoms with Gasteiger partial charge in [-0.1, -0.05) is 52.6 Å². The summed E-state index contributed by atoms with van der Waals surface area (Å²) in [4.78, 5) is 61.6. The number of carbonyl (C=O) groups is 3. The van der Waals surface area contributed by atoms with Crippen molar-refractivity contribution in [3.63, 3.8) is 0 Å². The predicted molar refractivity (Wildman–Crippen MR) is 228 cm³/mol. The monoisotopic (exact) mass is 857 g/mol. The van der Waals surface area contributed by atoms with Crippen LogP contribution in [-0.2, 0) is 27.4 Å². The summed E-state index contributed by atoms with van der Waals surface area (Å²) in [7, 11) is 3.40. The van der Waals surface area contributed by atoms with Crippen molar-refractivity contribution in [2.75, 3.05) is 57.5 Å². The van der Waals surface area contributed by atoms with E-state index in [1.807, 2.05) is 36.4 Å². The number of benzene rings is 2. The molecule has 314 valence electrons. The van der Waals surface area contributed by atoms with Crippen LogP contribution in [0.25, 0.3) is 0 Å². The van der Waals surface area contributed by atoms with E-state index < -0.39 is 5.79 Å². The van der Waals surface area contributed by atoms with E-state index in [1.54, 1.807) is 48.4 Å². The molecule has 5 aliphatic rings. The van der Waals surface area contributed by atoms with Crippen molar-refractivity contribution in [3.05, 3.63) is 82.1 Å². The molecule has 3 N–H and O–H groups in total. The van der Waals surface area contributed by atoms with E-state index in [0.717, 1.165) is 49.7 Å². The number of para-hydroxylation sites is 2. The second kappa shape index (κ2) is 17.5. The minimum atomic E-state index is -0.613. The molecular formula is C41H45Cl2N11O6. The average molecular weight is 859 g/mol. The zero-order valence-corrected chi connectivity index (χ0v) is 34.7. The van der Waals surface area contributed by atoms with Crippen molar-refractivity contribution in [2.45, 2.75) is 82.3 Å². The normalized spacial score (nSPS) is 21.9. The number of nitrogens with one attached hydrogen (secondary N) is 2. The van der Waals surface area contributed by atoms with Crippen LogP contribution in [0.5, 0.6) is 0 Å². The van der Waals surface area contributed by atoms with Crippen LogP contribution in [0.15, 0.2) is 66.1 Å². The molecule has 4 aromatic rings. The van der Waals surface area contributed by atoms with Crippen LogP contribution in [0.2, 0.25) is 10.0 Å². The van der Waals surface area contributed by atoms with Gasteiger partial charge in [0.05, 0.1) is 47.7 Å². The first kappa shape index (κ1) is 41.1. The van der Waals surface area contributed by atoms with E-state index in [4.69, 9.17) is 37.9 Å². The van der Waals surface area contributed by atoms with Crippen molar-refractivity contribution < 1.29 is 29.1 Å². The number of amides is 4. The number of hydrogen-bond acceptors (Lipinski definition) is 13. The van der Waals surface area contributed by atoms with Gasteiger partial charge in [0, 0.05) is 75.4 Å². The van der Waals surface area contributed by atoms with E-state index in [2.05, 4.69) is 35.7 Å². The predicted octanol–water partition coefficient (Wildman–Crippen LogP) is 7.26. The lowest BCUT2D eigenvalue weighted by Gasteiger charge is -2.42. The van der Waals surface area contributed by atoms with Gasteiger partial charge in [-0.05, 0) is 49.9 Å². The maximum absolute atomic E-state index is 13.0. The number of ether oxygens (including phenoxy) is 2. The Hall–Kier alpha value is -5.62. The molecular weight excluding hydrogens is 813 g/mol.